The summed E-state index contributed by atoms with van der Waals surface area (Å²) in [6.07, 6.45) is 3.35. The molecule has 1 saturated heterocycles. The van der Waals surface area contributed by atoms with Crippen LogP contribution < -0.4 is 5.73 Å². The van der Waals surface area contributed by atoms with Crippen LogP contribution in [0.3, 0.4) is 0 Å². The van der Waals surface area contributed by atoms with Gasteiger partial charge in [0.25, 0.3) is 0 Å². The van der Waals surface area contributed by atoms with Crippen molar-refractivity contribution in [3.8, 4) is 0 Å². The summed E-state index contributed by atoms with van der Waals surface area (Å²) in [7, 11) is 0. The van der Waals surface area contributed by atoms with Crippen LogP contribution in [0.5, 0.6) is 0 Å². The Morgan fingerprint density at radius 2 is 2.21 bits per heavy atom. The minimum atomic E-state index is 0.758. The lowest BCUT2D eigenvalue weighted by atomic mass is 10.2. The number of hydrogen-bond donors (Lipinski definition) is 2. The van der Waals surface area contributed by atoms with Gasteiger partial charge in [0.2, 0.25) is 0 Å². The number of nitrogens with two attached hydrogens (primary N) is 1. The van der Waals surface area contributed by atoms with Crippen LogP contribution in [0.4, 0.5) is 5.69 Å². The Bertz CT molecular complexity index is 549. The highest BCUT2D eigenvalue weighted by atomic mass is 32.2. The third-order valence-corrected chi connectivity index (χ3v) is 4.80. The molecule has 0 bridgehead atoms. The van der Waals surface area contributed by atoms with Gasteiger partial charge in [-0.3, -0.25) is 0 Å². The van der Waals surface area contributed by atoms with Crippen molar-refractivity contribution in [1.29, 1.82) is 0 Å². The van der Waals surface area contributed by atoms with Crippen molar-refractivity contribution in [2.75, 3.05) is 24.7 Å². The Labute approximate surface area is 117 Å². The van der Waals surface area contributed by atoms with E-state index in [9.17, 15) is 0 Å². The molecule has 1 aliphatic heterocycles. The number of aryl methyl sites for hydroxylation is 1. The summed E-state index contributed by atoms with van der Waals surface area (Å²) >= 11 is 2.04. The molecule has 102 valence electrons. The molecule has 0 unspecified atom stereocenters. The van der Waals surface area contributed by atoms with Crippen LogP contribution in [0.15, 0.2) is 18.2 Å². The van der Waals surface area contributed by atoms with E-state index in [-0.39, 0.29) is 0 Å². The van der Waals surface area contributed by atoms with Crippen molar-refractivity contribution in [3.05, 3.63) is 24.0 Å². The standard InChI is InChI=1S/C14H19N3OS/c15-10-1-2-12-13(9-10)17-14(16-12)5-8-19-11-3-6-18-7-4-11/h1-2,9,11H,3-8,15H2,(H,16,17). The average Bonchev–Trinajstić information content (AvgIpc) is 2.82. The van der Waals surface area contributed by atoms with Crippen molar-refractivity contribution >= 4 is 28.5 Å². The van der Waals surface area contributed by atoms with E-state index >= 15 is 0 Å². The minimum absolute atomic E-state index is 0.758. The quantitative estimate of drug-likeness (QED) is 0.843. The van der Waals surface area contributed by atoms with Gasteiger partial charge in [-0.25, -0.2) is 4.98 Å². The van der Waals surface area contributed by atoms with Gasteiger partial charge in [-0.15, -0.1) is 0 Å². The molecule has 2 heterocycles. The van der Waals surface area contributed by atoms with Crippen LogP contribution >= 0.6 is 11.8 Å². The van der Waals surface area contributed by atoms with Gasteiger partial charge in [0.05, 0.1) is 11.0 Å². The Morgan fingerprint density at radius 1 is 1.37 bits per heavy atom. The van der Waals surface area contributed by atoms with E-state index in [2.05, 4.69) is 9.97 Å². The Kier molecular flexibility index (Phi) is 3.94. The number of nitrogens with zero attached hydrogens (tertiary/aromatic N) is 1. The molecule has 0 aliphatic carbocycles. The molecule has 3 rings (SSSR count). The predicted molar refractivity (Wildman–Crippen MR) is 80.5 cm³/mol. The zero-order valence-electron chi connectivity index (χ0n) is 10.9. The number of aromatic nitrogens is 2. The fourth-order valence-corrected chi connectivity index (χ4v) is 3.53. The Hall–Kier alpha value is -1.20. The fraction of sp³-hybridized carbons (Fsp3) is 0.500. The van der Waals surface area contributed by atoms with Gasteiger partial charge in [0.15, 0.2) is 0 Å². The number of imidazole rings is 1. The molecule has 0 radical (unpaired) electrons. The third-order valence-electron chi connectivity index (χ3n) is 3.42. The number of nitrogen functional groups attached to an aromatic ring is 1. The maximum absolute atomic E-state index is 5.77. The number of anilines is 1. The minimum Gasteiger partial charge on any atom is -0.399 e. The molecular formula is C14H19N3OS. The van der Waals surface area contributed by atoms with E-state index in [1.807, 2.05) is 30.0 Å². The van der Waals surface area contributed by atoms with Gasteiger partial charge >= 0.3 is 0 Å². The van der Waals surface area contributed by atoms with Crippen LogP contribution in [0, 0.1) is 0 Å². The van der Waals surface area contributed by atoms with Crippen molar-refractivity contribution in [3.63, 3.8) is 0 Å². The van der Waals surface area contributed by atoms with Gasteiger partial charge in [0, 0.05) is 36.3 Å². The second kappa shape index (κ2) is 5.84. The first kappa shape index (κ1) is 12.8. The van der Waals surface area contributed by atoms with Crippen LogP contribution in [0.2, 0.25) is 0 Å². The molecule has 3 N–H and O–H groups in total. The second-order valence-corrected chi connectivity index (χ2v) is 6.30. The number of thioether (sulfide) groups is 1. The molecule has 2 aromatic rings. The van der Waals surface area contributed by atoms with Gasteiger partial charge < -0.3 is 15.5 Å². The number of hydrogen-bond acceptors (Lipinski definition) is 4. The molecule has 1 aliphatic rings. The average molecular weight is 277 g/mol. The Balaban J connectivity index is 1.56. The normalized spacial score (nSPS) is 17.1. The van der Waals surface area contributed by atoms with Crippen molar-refractivity contribution < 1.29 is 4.74 Å². The molecule has 1 fully saturated rings. The molecule has 4 nitrogen and oxygen atoms in total. The van der Waals surface area contributed by atoms with Crippen molar-refractivity contribution in [1.82, 2.24) is 9.97 Å². The second-order valence-electron chi connectivity index (χ2n) is 4.89. The summed E-state index contributed by atoms with van der Waals surface area (Å²) < 4.78 is 5.37. The van der Waals surface area contributed by atoms with Gasteiger partial charge in [-0.05, 0) is 31.0 Å². The molecule has 1 aromatic heterocycles. The van der Waals surface area contributed by atoms with Crippen molar-refractivity contribution in [2.45, 2.75) is 24.5 Å². The number of nitrogens with one attached hydrogen (secondary N) is 1. The summed E-state index contributed by atoms with van der Waals surface area (Å²) in [5.41, 5.74) is 8.58. The fourth-order valence-electron chi connectivity index (χ4n) is 2.36. The lowest BCUT2D eigenvalue weighted by molar-refractivity contribution is 0.100. The van der Waals surface area contributed by atoms with E-state index in [0.29, 0.717) is 0 Å². The first-order valence-corrected chi connectivity index (χ1v) is 7.79. The molecule has 0 atom stereocenters. The van der Waals surface area contributed by atoms with Gasteiger partial charge in [-0.1, -0.05) is 0 Å². The molecule has 5 heteroatoms. The van der Waals surface area contributed by atoms with Crippen LogP contribution in [-0.2, 0) is 11.2 Å². The number of fused-ring (bicyclic) bond motifs is 1. The topological polar surface area (TPSA) is 63.9 Å². The molecule has 0 saturated carbocycles. The third kappa shape index (κ3) is 3.22. The van der Waals surface area contributed by atoms with Gasteiger partial charge in [0.1, 0.15) is 5.82 Å². The van der Waals surface area contributed by atoms with Gasteiger partial charge in [-0.2, -0.15) is 11.8 Å². The van der Waals surface area contributed by atoms with Crippen LogP contribution in [-0.4, -0.2) is 34.2 Å². The largest absolute Gasteiger partial charge is 0.399 e. The number of aromatic amines is 1. The Morgan fingerprint density at radius 3 is 3.05 bits per heavy atom. The lowest BCUT2D eigenvalue weighted by Crippen LogP contribution is -2.18. The predicted octanol–water partition coefficient (Wildman–Crippen LogP) is 2.60. The smallest absolute Gasteiger partial charge is 0.108 e. The molecular weight excluding hydrogens is 258 g/mol. The zero-order valence-corrected chi connectivity index (χ0v) is 11.7. The van der Waals surface area contributed by atoms with Crippen LogP contribution in [0.25, 0.3) is 11.0 Å². The first-order valence-electron chi connectivity index (χ1n) is 6.75. The molecule has 0 amide bonds. The maximum atomic E-state index is 5.77. The van der Waals surface area contributed by atoms with E-state index in [0.717, 1.165) is 53.2 Å². The SMILES string of the molecule is Nc1ccc2nc(CCSC3CCOCC3)[nH]c2c1. The lowest BCUT2D eigenvalue weighted by Gasteiger charge is -2.21. The summed E-state index contributed by atoms with van der Waals surface area (Å²) in [6, 6.07) is 5.80. The molecule has 1 aromatic carbocycles. The molecule has 19 heavy (non-hydrogen) atoms. The van der Waals surface area contributed by atoms with E-state index in [1.54, 1.807) is 0 Å². The summed E-state index contributed by atoms with van der Waals surface area (Å²) in [5.74, 6) is 2.17. The number of benzene rings is 1. The first-order chi connectivity index (χ1) is 9.31. The summed E-state index contributed by atoms with van der Waals surface area (Å²) in [5, 5.41) is 0.758. The zero-order chi connectivity index (χ0) is 13.1. The number of ether oxygens (including phenoxy) is 1. The van der Waals surface area contributed by atoms with E-state index in [4.69, 9.17) is 10.5 Å². The summed E-state index contributed by atoms with van der Waals surface area (Å²) in [4.78, 5) is 7.93. The highest BCUT2D eigenvalue weighted by Gasteiger charge is 2.14. The number of rotatable bonds is 4. The number of H-pyrrole nitrogens is 1. The van der Waals surface area contributed by atoms with Crippen molar-refractivity contribution in [2.24, 2.45) is 0 Å². The monoisotopic (exact) mass is 277 g/mol. The van der Waals surface area contributed by atoms with Crippen LogP contribution in [0.1, 0.15) is 18.7 Å². The maximum Gasteiger partial charge on any atom is 0.108 e. The van der Waals surface area contributed by atoms with E-state index < -0.39 is 0 Å². The highest BCUT2D eigenvalue weighted by Crippen LogP contribution is 2.23. The summed E-state index contributed by atoms with van der Waals surface area (Å²) in [6.45, 7) is 1.84. The highest BCUT2D eigenvalue weighted by molar-refractivity contribution is 7.99. The van der Waals surface area contributed by atoms with E-state index in [1.165, 1.54) is 12.8 Å². The molecule has 0 spiro atoms.